The van der Waals surface area contributed by atoms with Crippen molar-refractivity contribution >= 4 is 11.5 Å². The average molecular weight is 268 g/mol. The van der Waals surface area contributed by atoms with Crippen LogP contribution in [0.1, 0.15) is 16.7 Å². The topological polar surface area (TPSA) is 91.8 Å². The number of aryl methyl sites for hydroxylation is 1. The van der Waals surface area contributed by atoms with Gasteiger partial charge in [-0.25, -0.2) is 4.98 Å². The Hall–Kier alpha value is -2.94. The van der Waals surface area contributed by atoms with Crippen molar-refractivity contribution in [3.63, 3.8) is 0 Å². The van der Waals surface area contributed by atoms with Crippen LogP contribution in [0.5, 0.6) is 0 Å². The van der Waals surface area contributed by atoms with Crippen LogP contribution in [0.2, 0.25) is 0 Å². The van der Waals surface area contributed by atoms with Crippen molar-refractivity contribution in [3.8, 4) is 6.07 Å². The van der Waals surface area contributed by atoms with Gasteiger partial charge in [-0.1, -0.05) is 12.1 Å². The smallest absolute Gasteiger partial charge is 0.287 e. The third-order valence-corrected chi connectivity index (χ3v) is 2.79. The largest absolute Gasteiger partial charge is 0.366 e. The lowest BCUT2D eigenvalue weighted by atomic mass is 10.1. The van der Waals surface area contributed by atoms with Crippen LogP contribution in [0.25, 0.3) is 0 Å². The van der Waals surface area contributed by atoms with Crippen LogP contribution >= 0.6 is 0 Å². The maximum absolute atomic E-state index is 10.6. The van der Waals surface area contributed by atoms with Gasteiger partial charge in [0.2, 0.25) is 0 Å². The number of nitrogens with zero attached hydrogens (tertiary/aromatic N) is 3. The molecule has 6 heteroatoms. The van der Waals surface area contributed by atoms with Gasteiger partial charge in [0.15, 0.2) is 0 Å². The molecule has 2 rings (SSSR count). The molecule has 0 radical (unpaired) electrons. The minimum absolute atomic E-state index is 0.0282. The number of hydrogen-bond acceptors (Lipinski definition) is 5. The van der Waals surface area contributed by atoms with Gasteiger partial charge < -0.3 is 5.32 Å². The SMILES string of the molecule is Cc1cc([N+](=O)[O-])cnc1NCc1cccc(C#N)c1. The second kappa shape index (κ2) is 5.80. The monoisotopic (exact) mass is 268 g/mol. The van der Waals surface area contributed by atoms with E-state index >= 15 is 0 Å². The molecule has 0 saturated heterocycles. The first-order chi connectivity index (χ1) is 9.60. The van der Waals surface area contributed by atoms with E-state index in [1.165, 1.54) is 12.3 Å². The van der Waals surface area contributed by atoms with Gasteiger partial charge in [0.05, 0.1) is 16.6 Å². The highest BCUT2D eigenvalue weighted by atomic mass is 16.6. The first-order valence-corrected chi connectivity index (χ1v) is 5.94. The molecular formula is C14H12N4O2. The van der Waals surface area contributed by atoms with Crippen molar-refractivity contribution in [3.05, 3.63) is 63.3 Å². The summed E-state index contributed by atoms with van der Waals surface area (Å²) in [7, 11) is 0. The number of pyridine rings is 1. The summed E-state index contributed by atoms with van der Waals surface area (Å²) in [6.07, 6.45) is 1.22. The molecule has 1 aromatic heterocycles. The third-order valence-electron chi connectivity index (χ3n) is 2.79. The van der Waals surface area contributed by atoms with Crippen LogP contribution in [0.4, 0.5) is 11.5 Å². The minimum atomic E-state index is -0.472. The number of rotatable bonds is 4. The van der Waals surface area contributed by atoms with E-state index in [4.69, 9.17) is 5.26 Å². The van der Waals surface area contributed by atoms with Gasteiger partial charge in [-0.05, 0) is 30.2 Å². The normalized spacial score (nSPS) is 9.80. The fourth-order valence-electron chi connectivity index (χ4n) is 1.78. The Morgan fingerprint density at radius 3 is 2.90 bits per heavy atom. The van der Waals surface area contributed by atoms with E-state index < -0.39 is 4.92 Å². The van der Waals surface area contributed by atoms with Gasteiger partial charge in [0.1, 0.15) is 12.0 Å². The second-order valence-corrected chi connectivity index (χ2v) is 4.28. The summed E-state index contributed by atoms with van der Waals surface area (Å²) in [6.45, 7) is 2.26. The molecule has 0 spiro atoms. The lowest BCUT2D eigenvalue weighted by Crippen LogP contribution is -2.04. The summed E-state index contributed by atoms with van der Waals surface area (Å²) >= 11 is 0. The van der Waals surface area contributed by atoms with Crippen molar-refractivity contribution < 1.29 is 4.92 Å². The van der Waals surface area contributed by atoms with Gasteiger partial charge in [0, 0.05) is 12.6 Å². The van der Waals surface area contributed by atoms with Gasteiger partial charge >= 0.3 is 0 Å². The maximum Gasteiger partial charge on any atom is 0.287 e. The van der Waals surface area contributed by atoms with Crippen LogP contribution in [0, 0.1) is 28.4 Å². The number of nitriles is 1. The Labute approximate surface area is 115 Å². The molecule has 1 N–H and O–H groups in total. The molecule has 0 aliphatic heterocycles. The summed E-state index contributed by atoms with van der Waals surface area (Å²) in [4.78, 5) is 14.2. The van der Waals surface area contributed by atoms with Crippen LogP contribution in [0.15, 0.2) is 36.5 Å². The summed E-state index contributed by atoms with van der Waals surface area (Å²) in [5, 5.41) is 22.6. The molecule has 0 unspecified atom stereocenters. The molecule has 1 heterocycles. The summed E-state index contributed by atoms with van der Waals surface area (Å²) in [5.41, 5.74) is 2.22. The van der Waals surface area contributed by atoms with Crippen LogP contribution in [0.3, 0.4) is 0 Å². The zero-order valence-electron chi connectivity index (χ0n) is 10.8. The molecule has 0 amide bonds. The molecule has 0 atom stereocenters. The second-order valence-electron chi connectivity index (χ2n) is 4.28. The van der Waals surface area contributed by atoms with E-state index in [1.54, 1.807) is 19.1 Å². The predicted octanol–water partition coefficient (Wildman–Crippen LogP) is 2.78. The molecule has 0 saturated carbocycles. The highest BCUT2D eigenvalue weighted by Crippen LogP contribution is 2.18. The van der Waals surface area contributed by atoms with Gasteiger partial charge in [-0.15, -0.1) is 0 Å². The van der Waals surface area contributed by atoms with Crippen LogP contribution < -0.4 is 5.32 Å². The molecule has 20 heavy (non-hydrogen) atoms. The van der Waals surface area contributed by atoms with E-state index in [2.05, 4.69) is 16.4 Å². The van der Waals surface area contributed by atoms with E-state index in [0.29, 0.717) is 23.5 Å². The minimum Gasteiger partial charge on any atom is -0.366 e. The average Bonchev–Trinajstić information content (AvgIpc) is 2.46. The molecule has 100 valence electrons. The zero-order valence-corrected chi connectivity index (χ0v) is 10.8. The maximum atomic E-state index is 10.6. The Bertz CT molecular complexity index is 692. The number of anilines is 1. The van der Waals surface area contributed by atoms with E-state index in [-0.39, 0.29) is 5.69 Å². The van der Waals surface area contributed by atoms with Crippen molar-refractivity contribution in [1.82, 2.24) is 4.98 Å². The van der Waals surface area contributed by atoms with E-state index in [1.807, 2.05) is 12.1 Å². The van der Waals surface area contributed by atoms with Crippen molar-refractivity contribution in [1.29, 1.82) is 5.26 Å². The van der Waals surface area contributed by atoms with Crippen molar-refractivity contribution in [2.45, 2.75) is 13.5 Å². The highest BCUT2D eigenvalue weighted by molar-refractivity contribution is 5.48. The Morgan fingerprint density at radius 1 is 1.45 bits per heavy atom. The quantitative estimate of drug-likeness (QED) is 0.680. The van der Waals surface area contributed by atoms with Gasteiger partial charge in [0.25, 0.3) is 5.69 Å². The lowest BCUT2D eigenvalue weighted by Gasteiger charge is -2.08. The van der Waals surface area contributed by atoms with Crippen molar-refractivity contribution in [2.75, 3.05) is 5.32 Å². The Morgan fingerprint density at radius 2 is 2.25 bits per heavy atom. The Balaban J connectivity index is 2.11. The number of hydrogen-bond donors (Lipinski definition) is 1. The van der Waals surface area contributed by atoms with E-state index in [0.717, 1.165) is 5.56 Å². The molecule has 6 nitrogen and oxygen atoms in total. The first kappa shape index (κ1) is 13.5. The fourth-order valence-corrected chi connectivity index (χ4v) is 1.78. The van der Waals surface area contributed by atoms with Crippen molar-refractivity contribution in [2.24, 2.45) is 0 Å². The molecular weight excluding hydrogens is 256 g/mol. The van der Waals surface area contributed by atoms with Gasteiger partial charge in [-0.3, -0.25) is 10.1 Å². The van der Waals surface area contributed by atoms with Crippen LogP contribution in [-0.2, 0) is 6.54 Å². The molecule has 0 fully saturated rings. The predicted molar refractivity (Wildman–Crippen MR) is 74.1 cm³/mol. The van der Waals surface area contributed by atoms with Gasteiger partial charge in [-0.2, -0.15) is 5.26 Å². The molecule has 0 bridgehead atoms. The number of benzene rings is 1. The summed E-state index contributed by atoms with van der Waals surface area (Å²) in [5.74, 6) is 0.595. The lowest BCUT2D eigenvalue weighted by molar-refractivity contribution is -0.385. The molecule has 2 aromatic rings. The fraction of sp³-hybridized carbons (Fsp3) is 0.143. The standard InChI is InChI=1S/C14H12N4O2/c1-10-5-13(18(19)20)9-17-14(10)16-8-12-4-2-3-11(6-12)7-15/h2-6,9H,8H2,1H3,(H,16,17). The number of nitrogens with one attached hydrogen (secondary N) is 1. The Kier molecular flexibility index (Phi) is 3.91. The summed E-state index contributed by atoms with van der Waals surface area (Å²) < 4.78 is 0. The number of aromatic nitrogens is 1. The summed E-state index contributed by atoms with van der Waals surface area (Å²) in [6, 6.07) is 10.8. The van der Waals surface area contributed by atoms with Crippen LogP contribution in [-0.4, -0.2) is 9.91 Å². The number of nitro groups is 1. The first-order valence-electron chi connectivity index (χ1n) is 5.94. The highest BCUT2D eigenvalue weighted by Gasteiger charge is 2.09. The third kappa shape index (κ3) is 3.09. The zero-order chi connectivity index (χ0) is 14.5. The molecule has 1 aromatic carbocycles. The molecule has 0 aliphatic carbocycles. The molecule has 0 aliphatic rings. The van der Waals surface area contributed by atoms with E-state index in [9.17, 15) is 10.1 Å².